The van der Waals surface area contributed by atoms with Crippen LogP contribution in [0.4, 0.5) is 19.4 Å². The molecular formula is C20H30F2N4O3S. The zero-order chi connectivity index (χ0) is 21.9. The van der Waals surface area contributed by atoms with Gasteiger partial charge in [-0.3, -0.25) is 0 Å². The zero-order valence-corrected chi connectivity index (χ0v) is 18.7. The first-order valence-electron chi connectivity index (χ1n) is 10.2. The maximum atomic E-state index is 13.4. The standard InChI is InChI=1S/C20H30F2N4O3S/c1-19(2,3)29-18(27)26-10-7-14(12-26)28-16-11-15(24-17(25-16)30-4)23-13-5-8-20(21,22)9-6-13/h11,13-14H,5-10,12H2,1-4H3,(H,23,24,25). The summed E-state index contributed by atoms with van der Waals surface area (Å²) in [5, 5.41) is 3.79. The number of aromatic nitrogens is 2. The minimum Gasteiger partial charge on any atom is -0.472 e. The summed E-state index contributed by atoms with van der Waals surface area (Å²) in [5.74, 6) is -1.58. The second-order valence-electron chi connectivity index (χ2n) is 8.81. The van der Waals surface area contributed by atoms with Crippen LogP contribution in [-0.2, 0) is 4.74 Å². The third kappa shape index (κ3) is 6.58. The summed E-state index contributed by atoms with van der Waals surface area (Å²) in [7, 11) is 0. The first-order chi connectivity index (χ1) is 14.0. The number of likely N-dealkylation sites (tertiary alicyclic amines) is 1. The molecule has 1 saturated carbocycles. The third-order valence-electron chi connectivity index (χ3n) is 5.02. The second-order valence-corrected chi connectivity index (χ2v) is 9.58. The van der Waals surface area contributed by atoms with Crippen molar-refractivity contribution in [3.63, 3.8) is 0 Å². The molecule has 1 N–H and O–H groups in total. The normalized spacial score (nSPS) is 22.1. The molecule has 1 unspecified atom stereocenters. The molecule has 1 atom stereocenters. The highest BCUT2D eigenvalue weighted by atomic mass is 32.2. The Bertz CT molecular complexity index is 750. The lowest BCUT2D eigenvalue weighted by Gasteiger charge is -2.29. The van der Waals surface area contributed by atoms with Crippen LogP contribution >= 0.6 is 11.8 Å². The average Bonchev–Trinajstić information content (AvgIpc) is 3.10. The maximum absolute atomic E-state index is 13.4. The fraction of sp³-hybridized carbons (Fsp3) is 0.750. The van der Waals surface area contributed by atoms with E-state index in [1.54, 1.807) is 11.0 Å². The Labute approximate surface area is 180 Å². The lowest BCUT2D eigenvalue weighted by molar-refractivity contribution is -0.0361. The number of alkyl halides is 2. The Morgan fingerprint density at radius 3 is 2.60 bits per heavy atom. The molecule has 1 aliphatic carbocycles. The third-order valence-corrected chi connectivity index (χ3v) is 5.57. The van der Waals surface area contributed by atoms with Crippen molar-refractivity contribution in [2.45, 2.75) is 81.7 Å². The van der Waals surface area contributed by atoms with Crippen molar-refractivity contribution in [3.8, 4) is 5.88 Å². The molecule has 2 heterocycles. The van der Waals surface area contributed by atoms with Crippen LogP contribution in [0.1, 0.15) is 52.9 Å². The SMILES string of the molecule is CSc1nc(NC2CCC(F)(F)CC2)cc(OC2CCN(C(=O)OC(C)(C)C)C2)n1. The van der Waals surface area contributed by atoms with Gasteiger partial charge in [0.2, 0.25) is 11.8 Å². The van der Waals surface area contributed by atoms with Gasteiger partial charge in [-0.15, -0.1) is 0 Å². The van der Waals surface area contributed by atoms with E-state index in [1.165, 1.54) is 11.8 Å². The van der Waals surface area contributed by atoms with Gasteiger partial charge in [0, 0.05) is 37.9 Å². The van der Waals surface area contributed by atoms with Gasteiger partial charge in [0.1, 0.15) is 17.5 Å². The van der Waals surface area contributed by atoms with Crippen molar-refractivity contribution in [1.82, 2.24) is 14.9 Å². The number of carbonyl (C=O) groups is 1. The molecule has 10 heteroatoms. The lowest BCUT2D eigenvalue weighted by Crippen LogP contribution is -2.36. The van der Waals surface area contributed by atoms with E-state index in [2.05, 4.69) is 15.3 Å². The summed E-state index contributed by atoms with van der Waals surface area (Å²) in [6, 6.07) is 1.65. The van der Waals surface area contributed by atoms with E-state index in [1.807, 2.05) is 27.0 Å². The molecule has 1 aliphatic heterocycles. The first-order valence-corrected chi connectivity index (χ1v) is 11.5. The van der Waals surface area contributed by atoms with Crippen molar-refractivity contribution in [1.29, 1.82) is 0 Å². The van der Waals surface area contributed by atoms with Crippen molar-refractivity contribution in [2.75, 3.05) is 24.7 Å². The van der Waals surface area contributed by atoms with E-state index in [0.29, 0.717) is 49.2 Å². The summed E-state index contributed by atoms with van der Waals surface area (Å²) in [5.41, 5.74) is -0.542. The summed E-state index contributed by atoms with van der Waals surface area (Å²) in [6.07, 6.45) is 2.57. The van der Waals surface area contributed by atoms with Gasteiger partial charge >= 0.3 is 6.09 Å². The summed E-state index contributed by atoms with van der Waals surface area (Å²) in [4.78, 5) is 22.7. The number of nitrogens with zero attached hydrogens (tertiary/aromatic N) is 3. The van der Waals surface area contributed by atoms with Crippen LogP contribution in [0.15, 0.2) is 11.2 Å². The van der Waals surface area contributed by atoms with Gasteiger partial charge in [0.25, 0.3) is 0 Å². The molecule has 7 nitrogen and oxygen atoms in total. The number of hydrogen-bond donors (Lipinski definition) is 1. The van der Waals surface area contributed by atoms with Crippen LogP contribution in [0.5, 0.6) is 5.88 Å². The van der Waals surface area contributed by atoms with Crippen LogP contribution in [0.3, 0.4) is 0 Å². The number of amides is 1. The first kappa shape index (κ1) is 22.8. The monoisotopic (exact) mass is 444 g/mol. The average molecular weight is 445 g/mol. The minimum atomic E-state index is -2.56. The van der Waals surface area contributed by atoms with Crippen molar-refractivity contribution in [3.05, 3.63) is 6.07 Å². The molecule has 0 radical (unpaired) electrons. The largest absolute Gasteiger partial charge is 0.472 e. The predicted octanol–water partition coefficient (Wildman–Crippen LogP) is 4.58. The number of ether oxygens (including phenoxy) is 2. The molecule has 1 aromatic heterocycles. The van der Waals surface area contributed by atoms with E-state index in [0.717, 1.165) is 0 Å². The van der Waals surface area contributed by atoms with Crippen LogP contribution in [0.2, 0.25) is 0 Å². The fourth-order valence-electron chi connectivity index (χ4n) is 3.51. The van der Waals surface area contributed by atoms with Crippen molar-refractivity contribution < 1.29 is 23.0 Å². The maximum Gasteiger partial charge on any atom is 0.410 e. The fourth-order valence-corrected chi connectivity index (χ4v) is 3.88. The highest BCUT2D eigenvalue weighted by molar-refractivity contribution is 7.98. The zero-order valence-electron chi connectivity index (χ0n) is 17.9. The van der Waals surface area contributed by atoms with Gasteiger partial charge in [0.15, 0.2) is 5.16 Å². The van der Waals surface area contributed by atoms with E-state index < -0.39 is 11.5 Å². The van der Waals surface area contributed by atoms with Crippen LogP contribution in [-0.4, -0.2) is 64.0 Å². The number of thioether (sulfide) groups is 1. The van der Waals surface area contributed by atoms with Crippen molar-refractivity contribution in [2.24, 2.45) is 0 Å². The van der Waals surface area contributed by atoms with Crippen LogP contribution in [0.25, 0.3) is 0 Å². The molecule has 0 spiro atoms. The molecule has 0 aromatic carbocycles. The minimum absolute atomic E-state index is 0.0452. The van der Waals surface area contributed by atoms with E-state index in [4.69, 9.17) is 9.47 Å². The summed E-state index contributed by atoms with van der Waals surface area (Å²) < 4.78 is 38.2. The van der Waals surface area contributed by atoms with E-state index >= 15 is 0 Å². The van der Waals surface area contributed by atoms with Gasteiger partial charge in [-0.05, 0) is 39.9 Å². The van der Waals surface area contributed by atoms with Gasteiger partial charge in [-0.25, -0.2) is 18.6 Å². The number of nitrogens with one attached hydrogen (secondary N) is 1. The number of hydrogen-bond acceptors (Lipinski definition) is 7. The van der Waals surface area contributed by atoms with E-state index in [-0.39, 0.29) is 31.1 Å². The smallest absolute Gasteiger partial charge is 0.410 e. The second kappa shape index (κ2) is 9.11. The van der Waals surface area contributed by atoms with Crippen LogP contribution in [0, 0.1) is 0 Å². The number of carbonyl (C=O) groups excluding carboxylic acids is 1. The molecule has 1 saturated heterocycles. The molecule has 168 valence electrons. The Morgan fingerprint density at radius 1 is 1.27 bits per heavy atom. The predicted molar refractivity (Wildman–Crippen MR) is 111 cm³/mol. The topological polar surface area (TPSA) is 76.6 Å². The van der Waals surface area contributed by atoms with Gasteiger partial charge in [-0.2, -0.15) is 4.98 Å². The van der Waals surface area contributed by atoms with Crippen LogP contribution < -0.4 is 10.1 Å². The molecule has 2 aliphatic rings. The number of rotatable bonds is 5. The molecule has 30 heavy (non-hydrogen) atoms. The Hall–Kier alpha value is -1.84. The number of anilines is 1. The summed E-state index contributed by atoms with van der Waals surface area (Å²) in [6.45, 7) is 6.49. The molecule has 1 aromatic rings. The Balaban J connectivity index is 1.60. The molecular weight excluding hydrogens is 414 g/mol. The molecule has 3 rings (SSSR count). The van der Waals surface area contributed by atoms with Gasteiger partial charge in [0.05, 0.1) is 6.54 Å². The van der Waals surface area contributed by atoms with E-state index in [9.17, 15) is 13.6 Å². The lowest BCUT2D eigenvalue weighted by atomic mass is 9.92. The number of halogens is 2. The molecule has 1 amide bonds. The van der Waals surface area contributed by atoms with Gasteiger partial charge in [-0.1, -0.05) is 11.8 Å². The Kier molecular flexibility index (Phi) is 6.94. The molecule has 2 fully saturated rings. The molecule has 0 bridgehead atoms. The Morgan fingerprint density at radius 2 is 1.97 bits per heavy atom. The highest BCUT2D eigenvalue weighted by Gasteiger charge is 2.35. The quantitative estimate of drug-likeness (QED) is 0.526. The van der Waals surface area contributed by atoms with Crippen molar-refractivity contribution >= 4 is 23.7 Å². The van der Waals surface area contributed by atoms with Gasteiger partial charge < -0.3 is 19.7 Å². The highest BCUT2D eigenvalue weighted by Crippen LogP contribution is 2.34. The summed E-state index contributed by atoms with van der Waals surface area (Å²) >= 11 is 1.38.